The molecule has 1 aliphatic carbocycles. The summed E-state index contributed by atoms with van der Waals surface area (Å²) < 4.78 is 47.5. The van der Waals surface area contributed by atoms with Crippen LogP contribution in [0, 0.1) is 5.82 Å². The fourth-order valence-corrected chi connectivity index (χ4v) is 5.66. The molecule has 5 rings (SSSR count). The minimum Gasteiger partial charge on any atom is -0.459 e. The molecule has 1 amide bonds. The summed E-state index contributed by atoms with van der Waals surface area (Å²) in [6.45, 7) is 3.50. The van der Waals surface area contributed by atoms with E-state index in [4.69, 9.17) is 4.74 Å². The van der Waals surface area contributed by atoms with Crippen LogP contribution >= 0.6 is 11.3 Å². The van der Waals surface area contributed by atoms with Crippen LogP contribution < -0.4 is 5.32 Å². The average Bonchev–Trinajstić information content (AvgIpc) is 3.44. The molecular formula is C26H23F3N4O3S. The van der Waals surface area contributed by atoms with E-state index in [1.807, 2.05) is 0 Å². The van der Waals surface area contributed by atoms with Gasteiger partial charge in [-0.2, -0.15) is 5.10 Å². The first-order chi connectivity index (χ1) is 17.7. The number of alkyl halides is 2. The highest BCUT2D eigenvalue weighted by atomic mass is 32.1. The molecule has 1 aliphatic rings. The van der Waals surface area contributed by atoms with Gasteiger partial charge >= 0.3 is 5.97 Å². The Morgan fingerprint density at radius 1 is 1.14 bits per heavy atom. The molecule has 0 radical (unpaired) electrons. The highest BCUT2D eigenvalue weighted by Crippen LogP contribution is 2.39. The molecule has 37 heavy (non-hydrogen) atoms. The summed E-state index contributed by atoms with van der Waals surface area (Å²) in [5.41, 5.74) is 1.19. The summed E-state index contributed by atoms with van der Waals surface area (Å²) in [4.78, 5) is 31.7. The molecule has 0 atom stereocenters. The van der Waals surface area contributed by atoms with Crippen LogP contribution in [0.4, 0.5) is 18.2 Å². The lowest BCUT2D eigenvalue weighted by Gasteiger charge is -2.14. The van der Waals surface area contributed by atoms with Crippen molar-refractivity contribution >= 4 is 33.9 Å². The molecule has 11 heteroatoms. The number of nitrogens with zero attached hydrogens (tertiary/aromatic N) is 3. The van der Waals surface area contributed by atoms with Crippen LogP contribution in [-0.2, 0) is 17.6 Å². The number of esters is 1. The molecule has 4 aromatic rings. The van der Waals surface area contributed by atoms with Crippen molar-refractivity contribution in [3.8, 4) is 11.3 Å². The first kappa shape index (κ1) is 24.9. The number of hydrogen-bond acceptors (Lipinski definition) is 6. The minimum atomic E-state index is -2.90. The largest absolute Gasteiger partial charge is 0.459 e. The summed E-state index contributed by atoms with van der Waals surface area (Å²) in [6.07, 6.45) is 1.35. The van der Waals surface area contributed by atoms with Crippen LogP contribution in [-0.4, -0.2) is 32.6 Å². The SMILES string of the molecule is CC(C)OC(=O)c1c(NC(=O)c2cnn3c(C(F)F)cc(-c4ccc(F)cc4)nc23)sc2c1CCCC2. The number of halogens is 3. The van der Waals surface area contributed by atoms with Crippen molar-refractivity contribution in [3.63, 3.8) is 0 Å². The standard InChI is InChI=1S/C26H23F3N4O3S/c1-13(2)36-26(35)21-16-5-3-4-6-20(16)37-25(21)32-24(34)17-12-30-33-19(22(28)29)11-18(31-23(17)33)14-7-9-15(27)10-8-14/h7-13,22H,3-6H2,1-2H3,(H,32,34). The number of benzene rings is 1. The maximum Gasteiger partial charge on any atom is 0.341 e. The Kier molecular flexibility index (Phi) is 6.72. The summed E-state index contributed by atoms with van der Waals surface area (Å²) in [5.74, 6) is -1.63. The van der Waals surface area contributed by atoms with E-state index >= 15 is 0 Å². The molecular weight excluding hydrogens is 505 g/mol. The van der Waals surface area contributed by atoms with Gasteiger partial charge in [-0.1, -0.05) is 0 Å². The van der Waals surface area contributed by atoms with Crippen molar-refractivity contribution in [1.82, 2.24) is 14.6 Å². The third-order valence-electron chi connectivity index (χ3n) is 6.05. The van der Waals surface area contributed by atoms with Crippen molar-refractivity contribution in [2.75, 3.05) is 5.32 Å². The molecule has 3 aromatic heterocycles. The second kappa shape index (κ2) is 9.97. The number of anilines is 1. The first-order valence-electron chi connectivity index (χ1n) is 11.8. The molecule has 0 aliphatic heterocycles. The van der Waals surface area contributed by atoms with Gasteiger partial charge in [0.25, 0.3) is 12.3 Å². The molecule has 0 saturated carbocycles. The third kappa shape index (κ3) is 4.83. The summed E-state index contributed by atoms with van der Waals surface area (Å²) in [7, 11) is 0. The van der Waals surface area contributed by atoms with Crippen LogP contribution in [0.1, 0.15) is 70.0 Å². The zero-order valence-corrected chi connectivity index (χ0v) is 20.9. The molecule has 0 fully saturated rings. The van der Waals surface area contributed by atoms with E-state index in [0.29, 0.717) is 22.5 Å². The molecule has 1 aromatic carbocycles. The Labute approximate surface area is 214 Å². The average molecular weight is 529 g/mol. The molecule has 0 bridgehead atoms. The number of thiophene rings is 1. The third-order valence-corrected chi connectivity index (χ3v) is 7.26. The van der Waals surface area contributed by atoms with Crippen molar-refractivity contribution < 1.29 is 27.5 Å². The number of nitrogens with one attached hydrogen (secondary N) is 1. The van der Waals surface area contributed by atoms with E-state index < -0.39 is 29.8 Å². The molecule has 7 nitrogen and oxygen atoms in total. The number of aryl methyl sites for hydroxylation is 1. The molecule has 0 unspecified atom stereocenters. The summed E-state index contributed by atoms with van der Waals surface area (Å²) in [6, 6.07) is 6.39. The van der Waals surface area contributed by atoms with E-state index in [9.17, 15) is 22.8 Å². The molecule has 3 heterocycles. The van der Waals surface area contributed by atoms with Crippen molar-refractivity contribution in [3.05, 3.63) is 69.6 Å². The van der Waals surface area contributed by atoms with Gasteiger partial charge in [-0.25, -0.2) is 27.5 Å². The zero-order chi connectivity index (χ0) is 26.3. The lowest BCUT2D eigenvalue weighted by molar-refractivity contribution is 0.0378. The Morgan fingerprint density at radius 2 is 1.86 bits per heavy atom. The number of ether oxygens (including phenoxy) is 1. The fourth-order valence-electron chi connectivity index (χ4n) is 4.38. The maximum atomic E-state index is 13.9. The van der Waals surface area contributed by atoms with Gasteiger partial charge in [0.15, 0.2) is 5.65 Å². The maximum absolute atomic E-state index is 13.9. The van der Waals surface area contributed by atoms with Crippen LogP contribution in [0.25, 0.3) is 16.9 Å². The Balaban J connectivity index is 1.56. The van der Waals surface area contributed by atoms with Gasteiger partial charge in [0, 0.05) is 10.4 Å². The lowest BCUT2D eigenvalue weighted by atomic mass is 9.95. The molecule has 1 N–H and O–H groups in total. The fraction of sp³-hybridized carbons (Fsp3) is 0.308. The predicted octanol–water partition coefficient (Wildman–Crippen LogP) is 6.23. The molecule has 0 spiro atoms. The van der Waals surface area contributed by atoms with Crippen molar-refractivity contribution in [2.24, 2.45) is 0 Å². The number of aromatic nitrogens is 3. The van der Waals surface area contributed by atoms with Crippen LogP contribution in [0.5, 0.6) is 0 Å². The van der Waals surface area contributed by atoms with Crippen molar-refractivity contribution in [2.45, 2.75) is 52.1 Å². The Morgan fingerprint density at radius 3 is 2.57 bits per heavy atom. The van der Waals surface area contributed by atoms with Gasteiger partial charge in [-0.3, -0.25) is 4.79 Å². The van der Waals surface area contributed by atoms with E-state index in [1.165, 1.54) is 35.6 Å². The first-order valence-corrected chi connectivity index (χ1v) is 12.6. The van der Waals surface area contributed by atoms with Crippen LogP contribution in [0.15, 0.2) is 36.5 Å². The zero-order valence-electron chi connectivity index (χ0n) is 20.1. The highest BCUT2D eigenvalue weighted by molar-refractivity contribution is 7.17. The number of hydrogen-bond donors (Lipinski definition) is 1. The topological polar surface area (TPSA) is 85.6 Å². The monoisotopic (exact) mass is 528 g/mol. The number of rotatable bonds is 6. The predicted molar refractivity (Wildman–Crippen MR) is 133 cm³/mol. The quantitative estimate of drug-likeness (QED) is 0.300. The summed E-state index contributed by atoms with van der Waals surface area (Å²) >= 11 is 1.32. The Bertz CT molecular complexity index is 1500. The van der Waals surface area contributed by atoms with Gasteiger partial charge in [0.2, 0.25) is 0 Å². The van der Waals surface area contributed by atoms with Crippen LogP contribution in [0.3, 0.4) is 0 Å². The highest BCUT2D eigenvalue weighted by Gasteiger charge is 2.29. The van der Waals surface area contributed by atoms with E-state index in [1.54, 1.807) is 13.8 Å². The van der Waals surface area contributed by atoms with Gasteiger partial charge in [-0.15, -0.1) is 11.3 Å². The van der Waals surface area contributed by atoms with E-state index in [-0.39, 0.29) is 23.0 Å². The molecule has 0 saturated heterocycles. The van der Waals surface area contributed by atoms with Crippen LogP contribution in [0.2, 0.25) is 0 Å². The lowest BCUT2D eigenvalue weighted by Crippen LogP contribution is -2.18. The number of carbonyl (C=O) groups is 2. The number of fused-ring (bicyclic) bond motifs is 2. The second-order valence-electron chi connectivity index (χ2n) is 8.99. The van der Waals surface area contributed by atoms with Gasteiger partial charge < -0.3 is 10.1 Å². The van der Waals surface area contributed by atoms with Gasteiger partial charge in [-0.05, 0) is 75.4 Å². The van der Waals surface area contributed by atoms with Gasteiger partial charge in [0.05, 0.1) is 23.6 Å². The smallest absolute Gasteiger partial charge is 0.341 e. The number of carbonyl (C=O) groups excluding carboxylic acids is 2. The minimum absolute atomic E-state index is 0.0413. The van der Waals surface area contributed by atoms with Gasteiger partial charge in [0.1, 0.15) is 22.1 Å². The number of amides is 1. The second-order valence-corrected chi connectivity index (χ2v) is 10.1. The van der Waals surface area contributed by atoms with E-state index in [2.05, 4.69) is 15.4 Å². The summed E-state index contributed by atoms with van der Waals surface area (Å²) in [5, 5.41) is 7.11. The molecule has 192 valence electrons. The van der Waals surface area contributed by atoms with Crippen molar-refractivity contribution in [1.29, 1.82) is 0 Å². The normalized spacial score (nSPS) is 13.3. The Hall–Kier alpha value is -3.73. The van der Waals surface area contributed by atoms with E-state index in [0.717, 1.165) is 46.5 Å².